The molecule has 4 rings (SSSR count). The summed E-state index contributed by atoms with van der Waals surface area (Å²) >= 11 is 0. The normalized spacial score (nSPS) is 35.5. The third-order valence-corrected chi connectivity index (χ3v) is 7.97. The first-order chi connectivity index (χ1) is 12.4. The summed E-state index contributed by atoms with van der Waals surface area (Å²) in [6.45, 7) is 20.2. The minimum absolute atomic E-state index is 0.721. The maximum absolute atomic E-state index is 2.85. The van der Waals surface area contributed by atoms with E-state index in [0.717, 1.165) is 28.7 Å². The molecular weight excluding hydrogens is 318 g/mol. The molecule has 0 N–H and O–H groups in total. The van der Waals surface area contributed by atoms with E-state index >= 15 is 0 Å². The van der Waals surface area contributed by atoms with Crippen LogP contribution in [-0.2, 0) is 0 Å². The molecule has 0 unspecified atom stereocenters. The molecule has 4 aliphatic rings. The van der Waals surface area contributed by atoms with Gasteiger partial charge in [0.15, 0.2) is 0 Å². The molecule has 0 bridgehead atoms. The molecule has 2 heterocycles. The Bertz CT molecular complexity index is 468. The van der Waals surface area contributed by atoms with Gasteiger partial charge < -0.3 is 9.80 Å². The van der Waals surface area contributed by atoms with E-state index in [1.807, 2.05) is 0 Å². The van der Waals surface area contributed by atoms with Crippen molar-refractivity contribution < 1.29 is 0 Å². The first-order valence-corrected chi connectivity index (χ1v) is 11.6. The highest BCUT2D eigenvalue weighted by Gasteiger charge is 2.51. The van der Waals surface area contributed by atoms with Crippen molar-refractivity contribution >= 4 is 0 Å². The fourth-order valence-electron chi connectivity index (χ4n) is 6.56. The van der Waals surface area contributed by atoms with Crippen LogP contribution in [0.4, 0.5) is 0 Å². The van der Waals surface area contributed by atoms with Gasteiger partial charge in [-0.1, -0.05) is 13.8 Å². The predicted octanol–water partition coefficient (Wildman–Crippen LogP) is 3.94. The molecule has 3 nitrogen and oxygen atoms in total. The van der Waals surface area contributed by atoms with Crippen molar-refractivity contribution in [2.75, 3.05) is 52.4 Å². The molecule has 2 saturated heterocycles. The summed E-state index contributed by atoms with van der Waals surface area (Å²) in [5, 5.41) is 0. The van der Waals surface area contributed by atoms with Gasteiger partial charge in [0.25, 0.3) is 0 Å². The largest absolute Gasteiger partial charge is 0.302 e. The zero-order valence-electron chi connectivity index (χ0n) is 18.0. The monoisotopic (exact) mass is 361 g/mol. The second kappa shape index (κ2) is 7.37. The molecule has 0 aromatic carbocycles. The maximum Gasteiger partial charge on any atom is 0.0113 e. The van der Waals surface area contributed by atoms with Crippen LogP contribution in [0.15, 0.2) is 0 Å². The van der Waals surface area contributed by atoms with Gasteiger partial charge in [0.2, 0.25) is 0 Å². The van der Waals surface area contributed by atoms with Crippen LogP contribution in [0.1, 0.15) is 66.2 Å². The van der Waals surface area contributed by atoms with Crippen molar-refractivity contribution in [1.82, 2.24) is 14.7 Å². The number of hydrogen-bond donors (Lipinski definition) is 0. The minimum atomic E-state index is 0.721. The fraction of sp³-hybridized carbons (Fsp3) is 1.00. The molecule has 1 spiro atoms. The van der Waals surface area contributed by atoms with Gasteiger partial charge in [-0.15, -0.1) is 0 Å². The van der Waals surface area contributed by atoms with Crippen LogP contribution in [0.3, 0.4) is 0 Å². The lowest BCUT2D eigenvalue weighted by Crippen LogP contribution is -2.52. The highest BCUT2D eigenvalue weighted by molar-refractivity contribution is 5.04. The van der Waals surface area contributed by atoms with Crippen LogP contribution in [0.25, 0.3) is 0 Å². The van der Waals surface area contributed by atoms with E-state index in [1.54, 1.807) is 0 Å². The lowest BCUT2D eigenvalue weighted by Gasteiger charge is -2.48. The smallest absolute Gasteiger partial charge is 0.0113 e. The van der Waals surface area contributed by atoms with Gasteiger partial charge in [0.1, 0.15) is 0 Å². The first-order valence-electron chi connectivity index (χ1n) is 11.6. The van der Waals surface area contributed by atoms with Crippen LogP contribution >= 0.6 is 0 Å². The average molecular weight is 362 g/mol. The molecule has 2 saturated carbocycles. The van der Waals surface area contributed by atoms with Crippen LogP contribution in [-0.4, -0.2) is 73.1 Å². The summed E-state index contributed by atoms with van der Waals surface area (Å²) in [5.41, 5.74) is 1.44. The van der Waals surface area contributed by atoms with Crippen LogP contribution in [0.5, 0.6) is 0 Å². The summed E-state index contributed by atoms with van der Waals surface area (Å²) in [6.07, 6.45) is 8.99. The molecule has 150 valence electrons. The van der Waals surface area contributed by atoms with Gasteiger partial charge >= 0.3 is 0 Å². The third kappa shape index (κ3) is 4.31. The summed E-state index contributed by atoms with van der Waals surface area (Å²) < 4.78 is 0. The van der Waals surface area contributed by atoms with E-state index in [-0.39, 0.29) is 0 Å². The molecule has 2 aliphatic carbocycles. The summed E-state index contributed by atoms with van der Waals surface area (Å²) in [5.74, 6) is 1.87. The van der Waals surface area contributed by atoms with Crippen LogP contribution in [0.2, 0.25) is 0 Å². The topological polar surface area (TPSA) is 9.72 Å². The van der Waals surface area contributed by atoms with Gasteiger partial charge in [0.05, 0.1) is 0 Å². The number of hydrogen-bond acceptors (Lipinski definition) is 3. The Kier molecular flexibility index (Phi) is 5.44. The Hall–Kier alpha value is -0.120. The van der Waals surface area contributed by atoms with Crippen molar-refractivity contribution in [2.24, 2.45) is 22.7 Å². The molecule has 3 heteroatoms. The average Bonchev–Trinajstić information content (AvgIpc) is 3.15. The summed E-state index contributed by atoms with van der Waals surface area (Å²) in [6, 6.07) is 0.721. The first kappa shape index (κ1) is 19.2. The van der Waals surface area contributed by atoms with Gasteiger partial charge in [-0.25, -0.2) is 0 Å². The molecule has 4 fully saturated rings. The highest BCUT2D eigenvalue weighted by Crippen LogP contribution is 2.55. The van der Waals surface area contributed by atoms with Crippen molar-refractivity contribution in [3.8, 4) is 0 Å². The zero-order valence-corrected chi connectivity index (χ0v) is 18.0. The Balaban J connectivity index is 1.17. The fourth-order valence-corrected chi connectivity index (χ4v) is 6.56. The Labute approximate surface area is 162 Å². The van der Waals surface area contributed by atoms with Gasteiger partial charge in [-0.3, -0.25) is 4.90 Å². The molecule has 0 amide bonds. The molecule has 2 aliphatic heterocycles. The van der Waals surface area contributed by atoms with E-state index < -0.39 is 0 Å². The summed E-state index contributed by atoms with van der Waals surface area (Å²) in [4.78, 5) is 8.25. The van der Waals surface area contributed by atoms with Gasteiger partial charge in [-0.2, -0.15) is 0 Å². The number of piperazine rings is 1. The van der Waals surface area contributed by atoms with Crippen LogP contribution in [0, 0.1) is 22.7 Å². The molecular formula is C23H43N3. The second-order valence-electron chi connectivity index (χ2n) is 11.3. The Morgan fingerprint density at radius 3 is 2.12 bits per heavy atom. The van der Waals surface area contributed by atoms with E-state index in [9.17, 15) is 0 Å². The SMILES string of the molecule is CC(C)CC1(CN2CC[C@]3(C2)C[C@@H](CN2CCN(C(C)C)CC2)C3)CC1. The number of rotatable bonds is 7. The van der Waals surface area contributed by atoms with Crippen LogP contribution < -0.4 is 0 Å². The van der Waals surface area contributed by atoms with Crippen molar-refractivity contribution in [3.05, 3.63) is 0 Å². The number of likely N-dealkylation sites (tertiary alicyclic amines) is 1. The third-order valence-electron chi connectivity index (χ3n) is 7.97. The summed E-state index contributed by atoms with van der Waals surface area (Å²) in [7, 11) is 0. The molecule has 0 aromatic heterocycles. The highest BCUT2D eigenvalue weighted by atomic mass is 15.3. The quantitative estimate of drug-likeness (QED) is 0.680. The van der Waals surface area contributed by atoms with Crippen molar-refractivity contribution in [3.63, 3.8) is 0 Å². The van der Waals surface area contributed by atoms with Crippen molar-refractivity contribution in [2.45, 2.75) is 72.3 Å². The number of nitrogens with zero attached hydrogens (tertiary/aromatic N) is 3. The lowest BCUT2D eigenvalue weighted by atomic mass is 9.61. The van der Waals surface area contributed by atoms with E-state index in [4.69, 9.17) is 0 Å². The van der Waals surface area contributed by atoms with Gasteiger partial charge in [-0.05, 0) is 81.6 Å². The molecule has 0 atom stereocenters. The van der Waals surface area contributed by atoms with Gasteiger partial charge in [0, 0.05) is 51.9 Å². The van der Waals surface area contributed by atoms with E-state index in [1.165, 1.54) is 90.9 Å². The lowest BCUT2D eigenvalue weighted by molar-refractivity contribution is 0.0177. The molecule has 0 aromatic rings. The Morgan fingerprint density at radius 2 is 1.54 bits per heavy atom. The van der Waals surface area contributed by atoms with E-state index in [2.05, 4.69) is 42.4 Å². The van der Waals surface area contributed by atoms with E-state index in [0.29, 0.717) is 0 Å². The second-order valence-corrected chi connectivity index (χ2v) is 11.3. The standard InChI is InChI=1S/C23H43N3/c1-19(2)13-22(5-6-22)17-25-8-7-23(18-25)14-21(15-23)16-24-9-11-26(12-10-24)20(3)4/h19-21H,5-18H2,1-4H3/t21-,23+. The minimum Gasteiger partial charge on any atom is -0.302 e. The predicted molar refractivity (Wildman–Crippen MR) is 110 cm³/mol. The van der Waals surface area contributed by atoms with Crippen molar-refractivity contribution in [1.29, 1.82) is 0 Å². The zero-order chi connectivity index (χ0) is 18.4. The Morgan fingerprint density at radius 1 is 0.846 bits per heavy atom. The molecule has 26 heavy (non-hydrogen) atoms. The molecule has 0 radical (unpaired) electrons. The maximum atomic E-state index is 2.85.